The van der Waals surface area contributed by atoms with Crippen molar-refractivity contribution in [1.82, 2.24) is 14.5 Å². The SMILES string of the molecule is Cc1c(C(N)=O)cc(F)cc1-c1nccc(C(=O)N2Cc3cccn3Cc3ccccc32)c1CN(C)C. The molecule has 7 nitrogen and oxygen atoms in total. The zero-order valence-corrected chi connectivity index (χ0v) is 21.0. The molecule has 2 aromatic carbocycles. The topological polar surface area (TPSA) is 84.5 Å². The van der Waals surface area contributed by atoms with Crippen molar-refractivity contribution in [3.8, 4) is 11.3 Å². The number of halogens is 1. The van der Waals surface area contributed by atoms with Gasteiger partial charge in [0.05, 0.1) is 12.2 Å². The number of anilines is 1. The van der Waals surface area contributed by atoms with Gasteiger partial charge in [0.1, 0.15) is 5.82 Å². The maximum Gasteiger partial charge on any atom is 0.259 e. The first-order valence-electron chi connectivity index (χ1n) is 12.0. The Morgan fingerprint density at radius 3 is 2.59 bits per heavy atom. The third-order valence-electron chi connectivity index (χ3n) is 6.77. The second kappa shape index (κ2) is 9.63. The Balaban J connectivity index is 1.69. The molecule has 2 amide bonds. The van der Waals surface area contributed by atoms with Crippen molar-refractivity contribution in [1.29, 1.82) is 0 Å². The molecule has 37 heavy (non-hydrogen) atoms. The Labute approximate surface area is 215 Å². The highest BCUT2D eigenvalue weighted by atomic mass is 19.1. The highest BCUT2D eigenvalue weighted by Crippen LogP contribution is 2.34. The van der Waals surface area contributed by atoms with Crippen LogP contribution in [0.15, 0.2) is 67.0 Å². The average Bonchev–Trinajstić information content (AvgIpc) is 3.23. The zero-order chi connectivity index (χ0) is 26.3. The van der Waals surface area contributed by atoms with Crippen LogP contribution in [0.4, 0.5) is 10.1 Å². The van der Waals surface area contributed by atoms with E-state index in [-0.39, 0.29) is 11.5 Å². The molecular formula is C29H28FN5O2. The van der Waals surface area contributed by atoms with Gasteiger partial charge in [-0.05, 0) is 68.5 Å². The molecule has 2 N–H and O–H groups in total. The molecule has 0 saturated carbocycles. The number of carbonyl (C=O) groups is 2. The van der Waals surface area contributed by atoms with E-state index >= 15 is 0 Å². The van der Waals surface area contributed by atoms with Gasteiger partial charge in [0.25, 0.3) is 5.91 Å². The normalized spacial score (nSPS) is 12.7. The number of nitrogens with zero attached hydrogens (tertiary/aromatic N) is 4. The van der Waals surface area contributed by atoms with Gasteiger partial charge in [0.2, 0.25) is 5.91 Å². The fourth-order valence-corrected chi connectivity index (χ4v) is 4.99. The van der Waals surface area contributed by atoms with Crippen molar-refractivity contribution in [3.63, 3.8) is 0 Å². The molecule has 188 valence electrons. The number of hydrogen-bond donors (Lipinski definition) is 1. The molecule has 1 aliphatic rings. The first kappa shape index (κ1) is 24.4. The molecule has 0 aliphatic carbocycles. The van der Waals surface area contributed by atoms with Crippen molar-refractivity contribution < 1.29 is 14.0 Å². The molecule has 0 spiro atoms. The average molecular weight is 498 g/mol. The van der Waals surface area contributed by atoms with Crippen LogP contribution in [-0.2, 0) is 19.6 Å². The molecule has 5 rings (SSSR count). The summed E-state index contributed by atoms with van der Waals surface area (Å²) in [4.78, 5) is 34.6. The second-order valence-corrected chi connectivity index (χ2v) is 9.56. The Hall–Kier alpha value is -4.30. The molecule has 3 heterocycles. The summed E-state index contributed by atoms with van der Waals surface area (Å²) in [5.41, 5.74) is 11.1. The van der Waals surface area contributed by atoms with E-state index in [1.54, 1.807) is 24.1 Å². The van der Waals surface area contributed by atoms with Crippen LogP contribution >= 0.6 is 0 Å². The first-order chi connectivity index (χ1) is 17.7. The zero-order valence-electron chi connectivity index (χ0n) is 21.0. The highest BCUT2D eigenvalue weighted by molar-refractivity contribution is 6.08. The number of rotatable bonds is 5. The Kier molecular flexibility index (Phi) is 6.35. The number of amides is 2. The predicted octanol–water partition coefficient (Wildman–Crippen LogP) is 4.37. The highest BCUT2D eigenvalue weighted by Gasteiger charge is 2.28. The van der Waals surface area contributed by atoms with Crippen molar-refractivity contribution in [2.24, 2.45) is 5.73 Å². The largest absolute Gasteiger partial charge is 0.366 e. The lowest BCUT2D eigenvalue weighted by molar-refractivity contribution is 0.0979. The van der Waals surface area contributed by atoms with Crippen LogP contribution in [0.2, 0.25) is 0 Å². The van der Waals surface area contributed by atoms with Gasteiger partial charge in [-0.1, -0.05) is 18.2 Å². The summed E-state index contributed by atoms with van der Waals surface area (Å²) in [5, 5.41) is 0. The lowest BCUT2D eigenvalue weighted by atomic mass is 9.93. The van der Waals surface area contributed by atoms with Crippen LogP contribution in [0.1, 0.15) is 43.1 Å². The fourth-order valence-electron chi connectivity index (χ4n) is 4.99. The summed E-state index contributed by atoms with van der Waals surface area (Å²) >= 11 is 0. The van der Waals surface area contributed by atoms with Gasteiger partial charge >= 0.3 is 0 Å². The molecule has 0 saturated heterocycles. The van der Waals surface area contributed by atoms with E-state index in [1.165, 1.54) is 6.07 Å². The van der Waals surface area contributed by atoms with E-state index in [4.69, 9.17) is 5.73 Å². The molecule has 8 heteroatoms. The Bertz CT molecular complexity index is 1520. The minimum absolute atomic E-state index is 0.0894. The molecule has 0 bridgehead atoms. The number of benzene rings is 2. The minimum Gasteiger partial charge on any atom is -0.366 e. The van der Waals surface area contributed by atoms with E-state index in [1.807, 2.05) is 61.6 Å². The van der Waals surface area contributed by atoms with Crippen LogP contribution in [0.25, 0.3) is 11.3 Å². The predicted molar refractivity (Wildman–Crippen MR) is 141 cm³/mol. The van der Waals surface area contributed by atoms with E-state index in [0.717, 1.165) is 23.0 Å². The third kappa shape index (κ3) is 4.51. The molecule has 0 fully saturated rings. The number of primary amides is 1. The number of nitrogens with two attached hydrogens (primary N) is 1. The third-order valence-corrected chi connectivity index (χ3v) is 6.77. The quantitative estimate of drug-likeness (QED) is 0.444. The van der Waals surface area contributed by atoms with E-state index < -0.39 is 11.7 Å². The fraction of sp³-hybridized carbons (Fsp3) is 0.207. The van der Waals surface area contributed by atoms with Gasteiger partial charge in [-0.15, -0.1) is 0 Å². The van der Waals surface area contributed by atoms with E-state index in [9.17, 15) is 14.0 Å². The van der Waals surface area contributed by atoms with Crippen molar-refractivity contribution in [2.45, 2.75) is 26.6 Å². The maximum atomic E-state index is 14.6. The van der Waals surface area contributed by atoms with Crippen LogP contribution in [0.3, 0.4) is 0 Å². The summed E-state index contributed by atoms with van der Waals surface area (Å²) in [6.07, 6.45) is 3.58. The summed E-state index contributed by atoms with van der Waals surface area (Å²) in [5.74, 6) is -1.48. The molecule has 0 atom stereocenters. The van der Waals surface area contributed by atoms with Crippen LogP contribution in [0, 0.1) is 12.7 Å². The van der Waals surface area contributed by atoms with E-state index in [2.05, 4.69) is 9.55 Å². The van der Waals surface area contributed by atoms with Crippen molar-refractivity contribution >= 4 is 17.5 Å². The molecular weight excluding hydrogens is 469 g/mol. The monoisotopic (exact) mass is 497 g/mol. The Morgan fingerprint density at radius 1 is 1.05 bits per heavy atom. The lowest BCUT2D eigenvalue weighted by Gasteiger charge is -2.25. The first-order valence-corrected chi connectivity index (χ1v) is 12.0. The minimum atomic E-state index is -0.719. The number of carbonyl (C=O) groups excluding carboxylic acids is 2. The number of para-hydroxylation sites is 1. The van der Waals surface area contributed by atoms with Gasteiger partial charge in [-0.3, -0.25) is 14.6 Å². The van der Waals surface area contributed by atoms with Crippen molar-refractivity contribution in [3.05, 3.63) is 106 Å². The second-order valence-electron chi connectivity index (χ2n) is 9.56. The van der Waals surface area contributed by atoms with Gasteiger partial charge in [0.15, 0.2) is 0 Å². The summed E-state index contributed by atoms with van der Waals surface area (Å²) in [7, 11) is 3.79. The van der Waals surface area contributed by atoms with Gasteiger partial charge in [0, 0.05) is 59.1 Å². The standard InChI is InChI=1S/C29H28FN5O2/c1-18-23(13-20(30)14-24(18)28(31)36)27-25(17-33(2)3)22(10-11-32-27)29(37)35-16-21-8-6-12-34(21)15-19-7-4-5-9-26(19)35/h4-14H,15-17H2,1-3H3,(H2,31,36). The maximum absolute atomic E-state index is 14.6. The van der Waals surface area contributed by atoms with Crippen LogP contribution in [-0.4, -0.2) is 40.4 Å². The molecule has 0 radical (unpaired) electrons. The van der Waals surface area contributed by atoms with Gasteiger partial charge < -0.3 is 20.1 Å². The number of fused-ring (bicyclic) bond motifs is 2. The molecule has 1 aliphatic heterocycles. The lowest BCUT2D eigenvalue weighted by Crippen LogP contribution is -2.32. The van der Waals surface area contributed by atoms with Crippen molar-refractivity contribution in [2.75, 3.05) is 19.0 Å². The summed E-state index contributed by atoms with van der Waals surface area (Å²) in [6.45, 7) is 3.18. The van der Waals surface area contributed by atoms with Gasteiger partial charge in [-0.25, -0.2) is 4.39 Å². The summed E-state index contributed by atoms with van der Waals surface area (Å²) in [6, 6.07) is 16.1. The molecule has 0 unspecified atom stereocenters. The summed E-state index contributed by atoms with van der Waals surface area (Å²) < 4.78 is 16.7. The Morgan fingerprint density at radius 2 is 1.84 bits per heavy atom. The number of hydrogen-bond acceptors (Lipinski definition) is 4. The van der Waals surface area contributed by atoms with Crippen LogP contribution in [0.5, 0.6) is 0 Å². The smallest absolute Gasteiger partial charge is 0.259 e. The molecule has 2 aromatic heterocycles. The molecule has 4 aromatic rings. The number of pyridine rings is 1. The van der Waals surface area contributed by atoms with Gasteiger partial charge in [-0.2, -0.15) is 0 Å². The van der Waals surface area contributed by atoms with Crippen LogP contribution < -0.4 is 10.6 Å². The van der Waals surface area contributed by atoms with E-state index in [0.29, 0.717) is 47.6 Å². The number of aromatic nitrogens is 2.